The van der Waals surface area contributed by atoms with Crippen LogP contribution in [0.25, 0.3) is 0 Å². The smallest absolute Gasteiger partial charge is 0.128 e. The van der Waals surface area contributed by atoms with E-state index in [0.717, 1.165) is 25.2 Å². The van der Waals surface area contributed by atoms with E-state index in [9.17, 15) is 8.78 Å². The average molecular weight is 256 g/mol. The van der Waals surface area contributed by atoms with Crippen molar-refractivity contribution in [2.45, 2.75) is 18.6 Å². The van der Waals surface area contributed by atoms with E-state index in [1.54, 1.807) is 7.05 Å². The fraction of sp³-hybridized carbons (Fsp3) is 0.538. The number of nitrogens with one attached hydrogen (secondary N) is 2. The van der Waals surface area contributed by atoms with E-state index in [0.29, 0.717) is 18.6 Å². The van der Waals surface area contributed by atoms with Crippen LogP contribution in [0.15, 0.2) is 18.2 Å². The quantitative estimate of drug-likeness (QED) is 0.858. The zero-order valence-electron chi connectivity index (χ0n) is 10.4. The summed E-state index contributed by atoms with van der Waals surface area (Å²) in [7, 11) is 1.74. The van der Waals surface area contributed by atoms with Crippen LogP contribution in [-0.2, 0) is 4.74 Å². The Hall–Kier alpha value is -1.04. The maximum atomic E-state index is 13.7. The first-order valence-electron chi connectivity index (χ1n) is 6.15. The van der Waals surface area contributed by atoms with E-state index in [2.05, 4.69) is 10.6 Å². The predicted octanol–water partition coefficient (Wildman–Crippen LogP) is 1.60. The standard InChI is InChI=1S/C13H18F2N2O/c1-16-13(7-10-8-17-4-5-18-10)11-6-9(14)2-3-12(11)15/h2-3,6,10,13,16-17H,4-5,7-8H2,1H3. The van der Waals surface area contributed by atoms with Gasteiger partial charge in [0.15, 0.2) is 0 Å². The third-order valence-corrected chi connectivity index (χ3v) is 3.18. The molecule has 1 aromatic rings. The van der Waals surface area contributed by atoms with Gasteiger partial charge in [0.1, 0.15) is 11.6 Å². The number of ether oxygens (including phenoxy) is 1. The maximum absolute atomic E-state index is 13.7. The third-order valence-electron chi connectivity index (χ3n) is 3.18. The fourth-order valence-electron chi connectivity index (χ4n) is 2.22. The molecule has 1 fully saturated rings. The molecule has 18 heavy (non-hydrogen) atoms. The number of halogens is 2. The first-order valence-corrected chi connectivity index (χ1v) is 6.15. The van der Waals surface area contributed by atoms with Crippen LogP contribution >= 0.6 is 0 Å². The molecule has 2 rings (SSSR count). The van der Waals surface area contributed by atoms with Gasteiger partial charge < -0.3 is 15.4 Å². The zero-order valence-corrected chi connectivity index (χ0v) is 10.4. The van der Waals surface area contributed by atoms with Gasteiger partial charge in [-0.25, -0.2) is 8.78 Å². The largest absolute Gasteiger partial charge is 0.376 e. The molecule has 1 aromatic carbocycles. The Kier molecular flexibility index (Phi) is 4.63. The predicted molar refractivity (Wildman–Crippen MR) is 65.4 cm³/mol. The summed E-state index contributed by atoms with van der Waals surface area (Å²) in [6, 6.07) is 3.29. The molecule has 1 aliphatic heterocycles. The SMILES string of the molecule is CNC(CC1CNCCO1)c1cc(F)ccc1F. The Morgan fingerprint density at radius 3 is 3.00 bits per heavy atom. The van der Waals surface area contributed by atoms with Crippen molar-refractivity contribution in [1.82, 2.24) is 10.6 Å². The molecule has 0 amide bonds. The second kappa shape index (κ2) is 6.22. The van der Waals surface area contributed by atoms with Gasteiger partial charge in [-0.3, -0.25) is 0 Å². The van der Waals surface area contributed by atoms with E-state index >= 15 is 0 Å². The minimum atomic E-state index is -0.422. The van der Waals surface area contributed by atoms with Gasteiger partial charge in [0.25, 0.3) is 0 Å². The molecule has 5 heteroatoms. The molecular weight excluding hydrogens is 238 g/mol. The van der Waals surface area contributed by atoms with Crippen molar-refractivity contribution >= 4 is 0 Å². The van der Waals surface area contributed by atoms with E-state index < -0.39 is 5.82 Å². The molecule has 1 saturated heterocycles. The Morgan fingerprint density at radius 2 is 2.33 bits per heavy atom. The van der Waals surface area contributed by atoms with Gasteiger partial charge in [-0.05, 0) is 31.7 Å². The summed E-state index contributed by atoms with van der Waals surface area (Å²) in [6.45, 7) is 2.25. The van der Waals surface area contributed by atoms with Gasteiger partial charge in [0.2, 0.25) is 0 Å². The Bertz CT molecular complexity index is 395. The van der Waals surface area contributed by atoms with Crippen LogP contribution in [0.4, 0.5) is 8.78 Å². The van der Waals surface area contributed by atoms with Crippen molar-refractivity contribution in [3.63, 3.8) is 0 Å². The fourth-order valence-corrected chi connectivity index (χ4v) is 2.22. The highest BCUT2D eigenvalue weighted by Crippen LogP contribution is 2.23. The lowest BCUT2D eigenvalue weighted by atomic mass is 9.99. The summed E-state index contributed by atoms with van der Waals surface area (Å²) < 4.78 is 32.5. The molecule has 2 unspecified atom stereocenters. The summed E-state index contributed by atoms with van der Waals surface area (Å²) in [5, 5.41) is 6.24. The monoisotopic (exact) mass is 256 g/mol. The van der Waals surface area contributed by atoms with Crippen LogP contribution < -0.4 is 10.6 Å². The van der Waals surface area contributed by atoms with Gasteiger partial charge in [0, 0.05) is 24.7 Å². The first-order chi connectivity index (χ1) is 8.70. The highest BCUT2D eigenvalue weighted by Gasteiger charge is 2.22. The highest BCUT2D eigenvalue weighted by atomic mass is 19.1. The molecule has 100 valence electrons. The van der Waals surface area contributed by atoms with Crippen LogP contribution in [-0.4, -0.2) is 32.8 Å². The highest BCUT2D eigenvalue weighted by molar-refractivity contribution is 5.22. The second-order valence-electron chi connectivity index (χ2n) is 4.44. The summed E-state index contributed by atoms with van der Waals surface area (Å²) in [5.41, 5.74) is 0.353. The summed E-state index contributed by atoms with van der Waals surface area (Å²) >= 11 is 0. The van der Waals surface area contributed by atoms with Gasteiger partial charge in [-0.2, -0.15) is 0 Å². The van der Waals surface area contributed by atoms with Gasteiger partial charge in [-0.1, -0.05) is 0 Å². The van der Waals surface area contributed by atoms with E-state index in [1.165, 1.54) is 6.07 Å². The Balaban J connectivity index is 2.09. The molecule has 1 aliphatic rings. The number of hydrogen-bond donors (Lipinski definition) is 2. The van der Waals surface area contributed by atoms with Crippen molar-refractivity contribution in [2.75, 3.05) is 26.7 Å². The maximum Gasteiger partial charge on any atom is 0.128 e. The molecule has 0 aliphatic carbocycles. The van der Waals surface area contributed by atoms with E-state index in [-0.39, 0.29) is 18.0 Å². The molecular formula is C13H18F2N2O. The summed E-state index contributed by atoms with van der Waals surface area (Å²) in [4.78, 5) is 0. The van der Waals surface area contributed by atoms with Crippen molar-refractivity contribution in [3.05, 3.63) is 35.4 Å². The summed E-state index contributed by atoms with van der Waals surface area (Å²) in [6.07, 6.45) is 0.642. The van der Waals surface area contributed by atoms with Crippen LogP contribution in [0.2, 0.25) is 0 Å². The molecule has 3 nitrogen and oxygen atoms in total. The molecule has 0 radical (unpaired) electrons. The lowest BCUT2D eigenvalue weighted by Gasteiger charge is -2.27. The van der Waals surface area contributed by atoms with E-state index in [4.69, 9.17) is 4.74 Å². The number of hydrogen-bond acceptors (Lipinski definition) is 3. The average Bonchev–Trinajstić information content (AvgIpc) is 2.40. The van der Waals surface area contributed by atoms with Crippen molar-refractivity contribution in [2.24, 2.45) is 0 Å². The van der Waals surface area contributed by atoms with Crippen LogP contribution in [0.1, 0.15) is 18.0 Å². The van der Waals surface area contributed by atoms with Crippen LogP contribution in [0, 0.1) is 11.6 Å². The van der Waals surface area contributed by atoms with Crippen LogP contribution in [0.5, 0.6) is 0 Å². The second-order valence-corrected chi connectivity index (χ2v) is 4.44. The Labute approximate surface area is 106 Å². The zero-order chi connectivity index (χ0) is 13.0. The van der Waals surface area contributed by atoms with Crippen molar-refractivity contribution in [3.8, 4) is 0 Å². The normalized spacial score (nSPS) is 21.8. The first kappa shape index (κ1) is 13.4. The lowest BCUT2D eigenvalue weighted by Crippen LogP contribution is -2.40. The molecule has 0 bridgehead atoms. The minimum Gasteiger partial charge on any atom is -0.376 e. The number of rotatable bonds is 4. The molecule has 0 saturated carbocycles. The Morgan fingerprint density at radius 1 is 1.50 bits per heavy atom. The van der Waals surface area contributed by atoms with Crippen molar-refractivity contribution in [1.29, 1.82) is 0 Å². The molecule has 2 atom stereocenters. The van der Waals surface area contributed by atoms with Gasteiger partial charge in [-0.15, -0.1) is 0 Å². The lowest BCUT2D eigenvalue weighted by molar-refractivity contribution is 0.0174. The minimum absolute atomic E-state index is 0.0267. The van der Waals surface area contributed by atoms with Gasteiger partial charge in [0.05, 0.1) is 12.7 Å². The third kappa shape index (κ3) is 3.25. The molecule has 0 aromatic heterocycles. The molecule has 0 spiro atoms. The van der Waals surface area contributed by atoms with E-state index in [1.807, 2.05) is 0 Å². The van der Waals surface area contributed by atoms with Crippen molar-refractivity contribution < 1.29 is 13.5 Å². The molecule has 1 heterocycles. The number of morpholine rings is 1. The van der Waals surface area contributed by atoms with Gasteiger partial charge >= 0.3 is 0 Å². The summed E-state index contributed by atoms with van der Waals surface area (Å²) in [5.74, 6) is -0.811. The van der Waals surface area contributed by atoms with Crippen LogP contribution in [0.3, 0.4) is 0 Å². The number of benzene rings is 1. The topological polar surface area (TPSA) is 33.3 Å². The molecule has 2 N–H and O–H groups in total.